The van der Waals surface area contributed by atoms with E-state index in [0.717, 1.165) is 0 Å². The molecule has 242 valence electrons. The number of carbonyl (C=O) groups excluding carboxylic acids is 7. The molecule has 0 aliphatic carbocycles. The Morgan fingerprint density at radius 1 is 0.886 bits per heavy atom. The Balaban J connectivity index is 1.94. The average Bonchev–Trinajstić information content (AvgIpc) is 3.28. The van der Waals surface area contributed by atoms with E-state index in [1.54, 1.807) is 38.1 Å². The SMILES string of the molecule is CC(C)C(NC(=O)CCCCCN1C(=O)CCC1=O)C(=O)N[C@@H](CCCNC(N)=O)C(=O)Nc1ccc(COC(N)=O)cc1. The van der Waals surface area contributed by atoms with Crippen LogP contribution in [0.2, 0.25) is 0 Å². The van der Waals surface area contributed by atoms with Gasteiger partial charge in [0.2, 0.25) is 29.5 Å². The molecule has 8 amide bonds. The highest BCUT2D eigenvalue weighted by atomic mass is 16.5. The van der Waals surface area contributed by atoms with Gasteiger partial charge >= 0.3 is 12.1 Å². The number of anilines is 1. The Labute approximate surface area is 256 Å². The van der Waals surface area contributed by atoms with Crippen molar-refractivity contribution in [2.75, 3.05) is 18.4 Å². The minimum atomic E-state index is -0.996. The number of nitrogens with zero attached hydrogens (tertiary/aromatic N) is 1. The molecule has 8 N–H and O–H groups in total. The normalized spacial score (nSPS) is 14.1. The predicted molar refractivity (Wildman–Crippen MR) is 159 cm³/mol. The summed E-state index contributed by atoms with van der Waals surface area (Å²) in [5, 5.41) is 10.6. The maximum atomic E-state index is 13.3. The number of rotatable bonds is 18. The molecule has 1 aliphatic heterocycles. The highest BCUT2D eigenvalue weighted by Crippen LogP contribution is 2.14. The molecule has 0 radical (unpaired) electrons. The van der Waals surface area contributed by atoms with Gasteiger partial charge in [-0.25, -0.2) is 9.59 Å². The number of nitrogens with one attached hydrogen (secondary N) is 4. The second-order valence-electron chi connectivity index (χ2n) is 10.8. The van der Waals surface area contributed by atoms with Crippen LogP contribution < -0.4 is 32.7 Å². The van der Waals surface area contributed by atoms with Crippen molar-refractivity contribution in [3.8, 4) is 0 Å². The molecule has 0 spiro atoms. The van der Waals surface area contributed by atoms with Gasteiger partial charge in [-0.2, -0.15) is 0 Å². The summed E-state index contributed by atoms with van der Waals surface area (Å²) in [7, 11) is 0. The van der Waals surface area contributed by atoms with Crippen LogP contribution in [-0.2, 0) is 35.3 Å². The Kier molecular flexibility index (Phi) is 14.6. The van der Waals surface area contributed by atoms with Crippen molar-refractivity contribution in [2.24, 2.45) is 17.4 Å². The van der Waals surface area contributed by atoms with Crippen molar-refractivity contribution in [1.82, 2.24) is 20.9 Å². The van der Waals surface area contributed by atoms with Gasteiger partial charge in [-0.05, 0) is 49.3 Å². The first-order chi connectivity index (χ1) is 20.9. The Hall–Kier alpha value is -4.69. The number of hydrogen-bond donors (Lipinski definition) is 6. The second kappa shape index (κ2) is 18.1. The number of nitrogens with two attached hydrogens (primary N) is 2. The van der Waals surface area contributed by atoms with Crippen molar-refractivity contribution in [3.63, 3.8) is 0 Å². The summed E-state index contributed by atoms with van der Waals surface area (Å²) < 4.78 is 4.74. The van der Waals surface area contributed by atoms with Gasteiger partial charge in [-0.3, -0.25) is 28.9 Å². The third-order valence-corrected chi connectivity index (χ3v) is 6.91. The van der Waals surface area contributed by atoms with Crippen LogP contribution in [-0.4, -0.2) is 71.7 Å². The van der Waals surface area contributed by atoms with Gasteiger partial charge in [0.25, 0.3) is 0 Å². The second-order valence-corrected chi connectivity index (χ2v) is 10.8. The molecule has 1 unspecified atom stereocenters. The molecule has 1 aromatic rings. The number of urea groups is 1. The molecule has 1 saturated heterocycles. The maximum absolute atomic E-state index is 13.3. The number of amides is 8. The molecule has 0 aromatic heterocycles. The molecule has 44 heavy (non-hydrogen) atoms. The topological polar surface area (TPSA) is 232 Å². The van der Waals surface area contributed by atoms with E-state index in [2.05, 4.69) is 21.3 Å². The van der Waals surface area contributed by atoms with E-state index in [9.17, 15) is 33.6 Å². The minimum Gasteiger partial charge on any atom is -0.445 e. The molecule has 1 heterocycles. The van der Waals surface area contributed by atoms with Gasteiger partial charge in [-0.1, -0.05) is 32.4 Å². The van der Waals surface area contributed by atoms with Gasteiger partial charge < -0.3 is 37.5 Å². The number of hydrogen-bond acceptors (Lipinski definition) is 8. The highest BCUT2D eigenvalue weighted by Gasteiger charge is 2.29. The zero-order valence-corrected chi connectivity index (χ0v) is 25.2. The quantitative estimate of drug-likeness (QED) is 0.102. The zero-order chi connectivity index (χ0) is 32.6. The largest absolute Gasteiger partial charge is 0.445 e. The molecule has 2 rings (SSSR count). The predicted octanol–water partition coefficient (Wildman–Crippen LogP) is 1.00. The fourth-order valence-electron chi connectivity index (χ4n) is 4.50. The molecule has 0 bridgehead atoms. The third kappa shape index (κ3) is 12.7. The minimum absolute atomic E-state index is 0.0297. The Morgan fingerprint density at radius 2 is 1.55 bits per heavy atom. The number of benzene rings is 1. The van der Waals surface area contributed by atoms with Crippen LogP contribution in [0.15, 0.2) is 24.3 Å². The lowest BCUT2D eigenvalue weighted by molar-refractivity contribution is -0.138. The molecule has 2 atom stereocenters. The molecule has 1 aliphatic rings. The van der Waals surface area contributed by atoms with Crippen LogP contribution in [0, 0.1) is 5.92 Å². The summed E-state index contributed by atoms with van der Waals surface area (Å²) in [6, 6.07) is 3.86. The fourth-order valence-corrected chi connectivity index (χ4v) is 4.50. The van der Waals surface area contributed by atoms with Crippen molar-refractivity contribution in [2.45, 2.75) is 83.9 Å². The highest BCUT2D eigenvalue weighted by molar-refractivity contribution is 6.02. The smallest absolute Gasteiger partial charge is 0.404 e. The number of likely N-dealkylation sites (tertiary alicyclic amines) is 1. The number of ether oxygens (including phenoxy) is 1. The zero-order valence-electron chi connectivity index (χ0n) is 25.2. The van der Waals surface area contributed by atoms with Crippen molar-refractivity contribution in [3.05, 3.63) is 29.8 Å². The number of unbranched alkanes of at least 4 members (excludes halogenated alkanes) is 2. The van der Waals surface area contributed by atoms with Gasteiger partial charge in [0.15, 0.2) is 0 Å². The van der Waals surface area contributed by atoms with Gasteiger partial charge in [-0.15, -0.1) is 0 Å². The van der Waals surface area contributed by atoms with Gasteiger partial charge in [0.05, 0.1) is 0 Å². The van der Waals surface area contributed by atoms with Crippen LogP contribution >= 0.6 is 0 Å². The van der Waals surface area contributed by atoms with E-state index in [0.29, 0.717) is 43.5 Å². The fraction of sp³-hybridized carbons (Fsp3) is 0.552. The summed E-state index contributed by atoms with van der Waals surface area (Å²) in [6.07, 6.45) is 1.97. The first-order valence-electron chi connectivity index (χ1n) is 14.7. The molecule has 1 fully saturated rings. The lowest BCUT2D eigenvalue weighted by atomic mass is 10.0. The summed E-state index contributed by atoms with van der Waals surface area (Å²) in [5.41, 5.74) is 11.2. The lowest BCUT2D eigenvalue weighted by Crippen LogP contribution is -2.54. The van der Waals surface area contributed by atoms with E-state index < -0.39 is 36.0 Å². The standard InChI is InChI=1S/C29H43N7O8/c1-18(2)25(35-22(37)8-4-3-5-16-36-23(38)13-14-24(36)39)27(41)34-21(7-6-15-32-28(30)42)26(40)33-20-11-9-19(10-12-20)17-44-29(31)43/h9-12,18,21,25H,3-8,13-17H2,1-2H3,(H2,31,43)(H,33,40)(H,34,41)(H,35,37)(H3,30,32,42)/t21-,25?/m0/s1. The first kappa shape index (κ1) is 35.5. The number of primary amides is 2. The lowest BCUT2D eigenvalue weighted by Gasteiger charge is -2.25. The summed E-state index contributed by atoms with van der Waals surface area (Å²) in [5.74, 6) is -2.01. The van der Waals surface area contributed by atoms with Crippen LogP contribution in [0.4, 0.5) is 15.3 Å². The molecule has 15 nitrogen and oxygen atoms in total. The molecule has 0 saturated carbocycles. The van der Waals surface area contributed by atoms with Crippen LogP contribution in [0.1, 0.15) is 70.8 Å². The molecular weight excluding hydrogens is 574 g/mol. The van der Waals surface area contributed by atoms with Crippen LogP contribution in [0.25, 0.3) is 0 Å². The van der Waals surface area contributed by atoms with E-state index in [1.165, 1.54) is 4.90 Å². The van der Waals surface area contributed by atoms with Gasteiger partial charge in [0.1, 0.15) is 18.7 Å². The van der Waals surface area contributed by atoms with Crippen molar-refractivity contribution < 1.29 is 38.3 Å². The summed E-state index contributed by atoms with van der Waals surface area (Å²) in [6.45, 7) is 4.03. The first-order valence-corrected chi connectivity index (χ1v) is 14.7. The van der Waals surface area contributed by atoms with Crippen molar-refractivity contribution >= 4 is 47.3 Å². The maximum Gasteiger partial charge on any atom is 0.404 e. The average molecular weight is 618 g/mol. The summed E-state index contributed by atoms with van der Waals surface area (Å²) >= 11 is 0. The van der Waals surface area contributed by atoms with Crippen molar-refractivity contribution in [1.29, 1.82) is 0 Å². The van der Waals surface area contributed by atoms with E-state index in [1.807, 2.05) is 0 Å². The molecular formula is C29H43N7O8. The monoisotopic (exact) mass is 617 g/mol. The molecule has 1 aromatic carbocycles. The van der Waals surface area contributed by atoms with Crippen LogP contribution in [0.3, 0.4) is 0 Å². The third-order valence-electron chi connectivity index (χ3n) is 6.91. The summed E-state index contributed by atoms with van der Waals surface area (Å²) in [4.78, 5) is 85.6. The van der Waals surface area contributed by atoms with Gasteiger partial charge in [0, 0.05) is 38.0 Å². The Bertz CT molecular complexity index is 1170. The number of carbonyl (C=O) groups is 7. The number of imide groups is 1. The Morgan fingerprint density at radius 3 is 2.14 bits per heavy atom. The van der Waals surface area contributed by atoms with E-state index in [4.69, 9.17) is 16.2 Å². The molecule has 15 heteroatoms. The van der Waals surface area contributed by atoms with Crippen LogP contribution in [0.5, 0.6) is 0 Å². The van der Waals surface area contributed by atoms with E-state index in [-0.39, 0.29) is 62.5 Å². The van der Waals surface area contributed by atoms with E-state index >= 15 is 0 Å².